The van der Waals surface area contributed by atoms with E-state index in [1.807, 2.05) is 12.1 Å². The maximum absolute atomic E-state index is 12.7. The third-order valence-corrected chi connectivity index (χ3v) is 5.19. The Bertz CT molecular complexity index is 1110. The SMILES string of the molecule is CNc1cncc(-c2c[nH]c(=O)c(NC(=O)c3ccc(NC4CCNCC4)cc3)c2)n1. The summed E-state index contributed by atoms with van der Waals surface area (Å²) in [5, 5.41) is 12.5. The van der Waals surface area contributed by atoms with Crippen LogP contribution in [0.2, 0.25) is 0 Å². The molecular formula is C22H25N7O2. The number of nitrogens with zero attached hydrogens (tertiary/aromatic N) is 2. The number of piperidine rings is 1. The summed E-state index contributed by atoms with van der Waals surface area (Å²) in [6, 6.07) is 9.30. The largest absolute Gasteiger partial charge is 0.382 e. The molecule has 3 aromatic rings. The Labute approximate surface area is 179 Å². The van der Waals surface area contributed by atoms with Crippen molar-refractivity contribution in [1.29, 1.82) is 0 Å². The lowest BCUT2D eigenvalue weighted by molar-refractivity contribution is 0.102. The molecule has 1 aliphatic rings. The van der Waals surface area contributed by atoms with Gasteiger partial charge in [0.15, 0.2) is 0 Å². The lowest BCUT2D eigenvalue weighted by Gasteiger charge is -2.24. The molecule has 4 rings (SSSR count). The molecule has 0 aliphatic carbocycles. The second-order valence-corrected chi connectivity index (χ2v) is 7.37. The number of rotatable bonds is 6. The maximum atomic E-state index is 12.7. The molecule has 2 aromatic heterocycles. The molecule has 0 unspecified atom stereocenters. The van der Waals surface area contributed by atoms with Crippen LogP contribution in [0.4, 0.5) is 17.2 Å². The zero-order valence-corrected chi connectivity index (χ0v) is 17.2. The first-order chi connectivity index (χ1) is 15.1. The Morgan fingerprint density at radius 3 is 2.65 bits per heavy atom. The minimum absolute atomic E-state index is 0.149. The number of H-pyrrole nitrogens is 1. The van der Waals surface area contributed by atoms with E-state index in [1.54, 1.807) is 43.8 Å². The molecule has 1 saturated heterocycles. The van der Waals surface area contributed by atoms with Crippen LogP contribution in [0.15, 0.2) is 53.7 Å². The van der Waals surface area contributed by atoms with Crippen LogP contribution in [0, 0.1) is 0 Å². The quantitative estimate of drug-likeness (QED) is 0.415. The van der Waals surface area contributed by atoms with Crippen LogP contribution in [0.1, 0.15) is 23.2 Å². The van der Waals surface area contributed by atoms with Crippen molar-refractivity contribution in [2.24, 2.45) is 0 Å². The molecule has 0 saturated carbocycles. The summed E-state index contributed by atoms with van der Waals surface area (Å²) in [5.41, 5.74) is 2.42. The number of aromatic nitrogens is 3. The molecule has 5 N–H and O–H groups in total. The van der Waals surface area contributed by atoms with Crippen LogP contribution in [0.25, 0.3) is 11.3 Å². The number of nitrogens with one attached hydrogen (secondary N) is 5. The molecule has 3 heterocycles. The average Bonchev–Trinajstić information content (AvgIpc) is 2.81. The predicted octanol–water partition coefficient (Wildman–Crippen LogP) is 2.29. The van der Waals surface area contributed by atoms with E-state index in [2.05, 4.69) is 36.2 Å². The van der Waals surface area contributed by atoms with Gasteiger partial charge in [-0.1, -0.05) is 0 Å². The maximum Gasteiger partial charge on any atom is 0.271 e. The van der Waals surface area contributed by atoms with Crippen molar-refractivity contribution in [3.63, 3.8) is 0 Å². The summed E-state index contributed by atoms with van der Waals surface area (Å²) in [7, 11) is 1.75. The molecule has 9 nitrogen and oxygen atoms in total. The molecule has 0 bridgehead atoms. The van der Waals surface area contributed by atoms with Crippen molar-refractivity contribution in [2.75, 3.05) is 36.1 Å². The fourth-order valence-corrected chi connectivity index (χ4v) is 3.46. The second kappa shape index (κ2) is 9.40. The number of amides is 1. The normalized spacial score (nSPS) is 14.1. The number of anilines is 3. The molecule has 0 radical (unpaired) electrons. The summed E-state index contributed by atoms with van der Waals surface area (Å²) in [6.07, 6.45) is 6.88. The number of carbonyl (C=O) groups is 1. The van der Waals surface area contributed by atoms with E-state index in [0.29, 0.717) is 28.7 Å². The van der Waals surface area contributed by atoms with Gasteiger partial charge in [-0.05, 0) is 56.3 Å². The van der Waals surface area contributed by atoms with Gasteiger partial charge in [0.25, 0.3) is 11.5 Å². The average molecular weight is 419 g/mol. The molecule has 31 heavy (non-hydrogen) atoms. The number of hydrogen-bond acceptors (Lipinski definition) is 7. The highest BCUT2D eigenvalue weighted by molar-refractivity contribution is 6.04. The Morgan fingerprint density at radius 1 is 1.13 bits per heavy atom. The molecule has 1 fully saturated rings. The van der Waals surface area contributed by atoms with Gasteiger partial charge in [-0.15, -0.1) is 0 Å². The fourth-order valence-electron chi connectivity index (χ4n) is 3.46. The van der Waals surface area contributed by atoms with Gasteiger partial charge in [-0.25, -0.2) is 4.98 Å². The van der Waals surface area contributed by atoms with E-state index in [-0.39, 0.29) is 17.2 Å². The third kappa shape index (κ3) is 5.07. The summed E-state index contributed by atoms with van der Waals surface area (Å²) in [4.78, 5) is 36.1. The van der Waals surface area contributed by atoms with Crippen molar-refractivity contribution >= 4 is 23.1 Å². The van der Waals surface area contributed by atoms with E-state index in [1.165, 1.54) is 0 Å². The molecule has 1 aromatic carbocycles. The number of benzene rings is 1. The number of pyridine rings is 1. The number of hydrogen-bond donors (Lipinski definition) is 5. The highest BCUT2D eigenvalue weighted by atomic mass is 16.2. The van der Waals surface area contributed by atoms with Gasteiger partial charge in [0.05, 0.1) is 18.1 Å². The molecule has 9 heteroatoms. The van der Waals surface area contributed by atoms with Gasteiger partial charge in [-0.2, -0.15) is 0 Å². The number of aromatic amines is 1. The standard InChI is InChI=1S/C22H25N7O2/c1-23-20-13-25-12-19(28-20)15-10-18(22(31)26-11-15)29-21(30)14-2-4-16(5-3-14)27-17-6-8-24-9-7-17/h2-5,10-13,17,24,27H,6-9H2,1H3,(H,23,28)(H,26,31)(H,29,30). The Kier molecular flexibility index (Phi) is 6.23. The minimum atomic E-state index is -0.390. The van der Waals surface area contributed by atoms with E-state index < -0.39 is 0 Å². The lowest BCUT2D eigenvalue weighted by atomic mass is 10.1. The van der Waals surface area contributed by atoms with Crippen LogP contribution in [0.5, 0.6) is 0 Å². The monoisotopic (exact) mass is 419 g/mol. The van der Waals surface area contributed by atoms with Crippen LogP contribution in [-0.2, 0) is 0 Å². The first-order valence-corrected chi connectivity index (χ1v) is 10.2. The Morgan fingerprint density at radius 2 is 1.90 bits per heavy atom. The smallest absolute Gasteiger partial charge is 0.271 e. The summed E-state index contributed by atoms with van der Waals surface area (Å²) in [6.45, 7) is 2.02. The van der Waals surface area contributed by atoms with Crippen molar-refractivity contribution < 1.29 is 4.79 Å². The summed E-state index contributed by atoms with van der Waals surface area (Å²) >= 11 is 0. The molecule has 160 valence electrons. The molecular weight excluding hydrogens is 394 g/mol. The second-order valence-electron chi connectivity index (χ2n) is 7.37. The van der Waals surface area contributed by atoms with Gasteiger partial charge in [0, 0.05) is 36.1 Å². The van der Waals surface area contributed by atoms with Crippen molar-refractivity contribution in [3.8, 4) is 11.3 Å². The van der Waals surface area contributed by atoms with Gasteiger partial charge < -0.3 is 26.3 Å². The Hall–Kier alpha value is -3.72. The van der Waals surface area contributed by atoms with E-state index in [0.717, 1.165) is 31.6 Å². The van der Waals surface area contributed by atoms with Crippen molar-refractivity contribution in [2.45, 2.75) is 18.9 Å². The predicted molar refractivity (Wildman–Crippen MR) is 122 cm³/mol. The van der Waals surface area contributed by atoms with Crippen LogP contribution >= 0.6 is 0 Å². The summed E-state index contributed by atoms with van der Waals surface area (Å²) in [5.74, 6) is 0.249. The highest BCUT2D eigenvalue weighted by Crippen LogP contribution is 2.19. The highest BCUT2D eigenvalue weighted by Gasteiger charge is 2.14. The van der Waals surface area contributed by atoms with Crippen LogP contribution in [-0.4, -0.2) is 47.0 Å². The molecule has 0 atom stereocenters. The van der Waals surface area contributed by atoms with Gasteiger partial charge >= 0.3 is 0 Å². The minimum Gasteiger partial charge on any atom is -0.382 e. The van der Waals surface area contributed by atoms with Crippen molar-refractivity contribution in [1.82, 2.24) is 20.3 Å². The third-order valence-electron chi connectivity index (χ3n) is 5.19. The van der Waals surface area contributed by atoms with Gasteiger partial charge in [0.2, 0.25) is 0 Å². The fraction of sp³-hybridized carbons (Fsp3) is 0.273. The van der Waals surface area contributed by atoms with E-state index in [9.17, 15) is 9.59 Å². The van der Waals surface area contributed by atoms with Gasteiger partial charge in [0.1, 0.15) is 11.5 Å². The number of carbonyl (C=O) groups excluding carboxylic acids is 1. The summed E-state index contributed by atoms with van der Waals surface area (Å²) < 4.78 is 0. The van der Waals surface area contributed by atoms with E-state index in [4.69, 9.17) is 0 Å². The van der Waals surface area contributed by atoms with Gasteiger partial charge in [-0.3, -0.25) is 14.6 Å². The zero-order chi connectivity index (χ0) is 21.6. The van der Waals surface area contributed by atoms with Crippen LogP contribution < -0.4 is 26.8 Å². The zero-order valence-electron chi connectivity index (χ0n) is 17.2. The molecule has 1 amide bonds. The van der Waals surface area contributed by atoms with Crippen LogP contribution in [0.3, 0.4) is 0 Å². The molecule has 1 aliphatic heterocycles. The Balaban J connectivity index is 1.47. The first-order valence-electron chi connectivity index (χ1n) is 10.2. The first kappa shape index (κ1) is 20.5. The molecule has 0 spiro atoms. The topological polar surface area (TPSA) is 124 Å². The van der Waals surface area contributed by atoms with E-state index >= 15 is 0 Å². The lowest BCUT2D eigenvalue weighted by Crippen LogP contribution is -2.35. The van der Waals surface area contributed by atoms with Crippen molar-refractivity contribution in [3.05, 3.63) is 64.8 Å².